The molecule has 0 fully saturated rings. The molecule has 0 saturated heterocycles. The molecule has 312 valence electrons. The number of ether oxygens (including phenoxy) is 5. The van der Waals surface area contributed by atoms with Crippen molar-refractivity contribution in [2.75, 3.05) is 26.9 Å². The predicted molar refractivity (Wildman–Crippen MR) is 238 cm³/mol. The predicted octanol–water partition coefficient (Wildman–Crippen LogP) is 8.84. The minimum Gasteiger partial charge on any atom is -0.497 e. The number of aliphatic hydroxyl groups excluding tert-OH is 1. The Morgan fingerprint density at radius 1 is 0.738 bits per heavy atom. The highest BCUT2D eigenvalue weighted by molar-refractivity contribution is 6.01. The average molecular weight is 818 g/mol. The standard InChI is InChI=1S/C51H51N3O7/c1-57-45-22-11-21-43(35-45)48-51(30-12-20-38-14-5-2-6-15-38,53-49(61-48)42-24-26-44(27-25-42)58-33-13-32-55)50(56)54-52-31-29-39-23-28-46(59-36-40-16-7-3-8-17-40)47(34-39)60-37-41-18-9-4-10-19-41/h2-12,14-28,34-35,48,52,55H,13,29-33,36-37H2,1H3,(H,54,56)/b20-12+/t48-,51-/m0/s1. The molecule has 1 aliphatic rings. The Morgan fingerprint density at radius 2 is 1.43 bits per heavy atom. The maximum absolute atomic E-state index is 14.7. The van der Waals surface area contributed by atoms with E-state index in [4.69, 9.17) is 28.7 Å². The second-order valence-electron chi connectivity index (χ2n) is 14.5. The Balaban J connectivity index is 1.12. The maximum atomic E-state index is 14.7. The molecule has 7 rings (SSSR count). The van der Waals surface area contributed by atoms with Crippen molar-refractivity contribution in [2.24, 2.45) is 4.99 Å². The van der Waals surface area contributed by atoms with Gasteiger partial charge < -0.3 is 28.8 Å². The van der Waals surface area contributed by atoms with Crippen molar-refractivity contribution in [3.05, 3.63) is 197 Å². The van der Waals surface area contributed by atoms with Gasteiger partial charge in [-0.25, -0.2) is 10.4 Å². The van der Waals surface area contributed by atoms with Gasteiger partial charge in [0, 0.05) is 31.6 Å². The molecule has 0 saturated carbocycles. The summed E-state index contributed by atoms with van der Waals surface area (Å²) in [6.07, 6.45) is 4.50. The highest BCUT2D eigenvalue weighted by atomic mass is 16.5. The van der Waals surface area contributed by atoms with Gasteiger partial charge in [0.15, 0.2) is 23.1 Å². The summed E-state index contributed by atoms with van der Waals surface area (Å²) in [5, 5.41) is 9.17. The van der Waals surface area contributed by atoms with Crippen molar-refractivity contribution in [1.29, 1.82) is 0 Å². The van der Waals surface area contributed by atoms with Gasteiger partial charge >= 0.3 is 0 Å². The van der Waals surface area contributed by atoms with Gasteiger partial charge in [-0.15, -0.1) is 0 Å². The highest BCUT2D eigenvalue weighted by Crippen LogP contribution is 2.43. The van der Waals surface area contributed by atoms with E-state index in [9.17, 15) is 9.90 Å². The third-order valence-corrected chi connectivity index (χ3v) is 10.2. The molecule has 1 aliphatic heterocycles. The molecule has 10 heteroatoms. The van der Waals surface area contributed by atoms with E-state index in [1.165, 1.54) is 0 Å². The molecule has 0 bridgehead atoms. The molecule has 1 heterocycles. The number of hydrazine groups is 1. The van der Waals surface area contributed by atoms with Crippen molar-refractivity contribution < 1.29 is 33.6 Å². The molecule has 0 aliphatic carbocycles. The summed E-state index contributed by atoms with van der Waals surface area (Å²) in [4.78, 5) is 19.9. The smallest absolute Gasteiger partial charge is 0.266 e. The molecule has 6 aromatic carbocycles. The van der Waals surface area contributed by atoms with E-state index in [-0.39, 0.29) is 18.9 Å². The van der Waals surface area contributed by atoms with E-state index in [1.54, 1.807) is 7.11 Å². The lowest BCUT2D eigenvalue weighted by Gasteiger charge is -2.30. The van der Waals surface area contributed by atoms with E-state index >= 15 is 0 Å². The third kappa shape index (κ3) is 11.4. The Morgan fingerprint density at radius 3 is 2.11 bits per heavy atom. The minimum atomic E-state index is -1.41. The number of aliphatic imine (C=N–C) groups is 1. The number of hydrogen-bond acceptors (Lipinski definition) is 9. The summed E-state index contributed by atoms with van der Waals surface area (Å²) in [6.45, 7) is 1.67. The number of aliphatic hydroxyl groups is 1. The van der Waals surface area contributed by atoms with Crippen LogP contribution in [0.2, 0.25) is 0 Å². The lowest BCUT2D eigenvalue weighted by atomic mass is 9.84. The lowest BCUT2D eigenvalue weighted by Crippen LogP contribution is -2.52. The molecule has 0 spiro atoms. The molecule has 3 N–H and O–H groups in total. The molecule has 6 aromatic rings. The van der Waals surface area contributed by atoms with Crippen LogP contribution in [0.4, 0.5) is 0 Å². The van der Waals surface area contributed by atoms with Crippen LogP contribution in [-0.2, 0) is 29.2 Å². The highest BCUT2D eigenvalue weighted by Gasteiger charge is 2.52. The first kappa shape index (κ1) is 42.3. The summed E-state index contributed by atoms with van der Waals surface area (Å²) in [5.74, 6) is 2.56. The van der Waals surface area contributed by atoms with Crippen LogP contribution in [0.25, 0.3) is 6.08 Å². The number of nitrogens with one attached hydrogen (secondary N) is 2. The van der Waals surface area contributed by atoms with Crippen LogP contribution >= 0.6 is 0 Å². The fourth-order valence-corrected chi connectivity index (χ4v) is 6.93. The van der Waals surface area contributed by atoms with Gasteiger partial charge in [0.1, 0.15) is 24.7 Å². The van der Waals surface area contributed by atoms with E-state index in [1.807, 2.05) is 170 Å². The zero-order valence-electron chi connectivity index (χ0n) is 34.2. The normalized spacial score (nSPS) is 15.8. The van der Waals surface area contributed by atoms with Gasteiger partial charge in [0.2, 0.25) is 5.90 Å². The lowest BCUT2D eigenvalue weighted by molar-refractivity contribution is -0.129. The van der Waals surface area contributed by atoms with Gasteiger partial charge in [-0.1, -0.05) is 121 Å². The van der Waals surface area contributed by atoms with E-state index < -0.39 is 11.6 Å². The van der Waals surface area contributed by atoms with Crippen molar-refractivity contribution in [3.8, 4) is 23.0 Å². The second kappa shape index (κ2) is 21.4. The molecule has 2 atom stereocenters. The monoisotopic (exact) mass is 817 g/mol. The Bertz CT molecular complexity index is 2360. The van der Waals surface area contributed by atoms with E-state index in [0.29, 0.717) is 73.7 Å². The van der Waals surface area contributed by atoms with Crippen molar-refractivity contribution in [1.82, 2.24) is 10.9 Å². The fourth-order valence-electron chi connectivity index (χ4n) is 6.93. The summed E-state index contributed by atoms with van der Waals surface area (Å²) < 4.78 is 30.6. The number of carbonyl (C=O) groups is 1. The average Bonchev–Trinajstić information content (AvgIpc) is 3.71. The molecule has 61 heavy (non-hydrogen) atoms. The number of hydrogen-bond donors (Lipinski definition) is 3. The number of rotatable bonds is 21. The Labute approximate surface area is 357 Å². The molecule has 10 nitrogen and oxygen atoms in total. The quantitative estimate of drug-likeness (QED) is 0.0487. The van der Waals surface area contributed by atoms with Crippen molar-refractivity contribution in [3.63, 3.8) is 0 Å². The Hall–Kier alpha value is -6.88. The van der Waals surface area contributed by atoms with Crippen LogP contribution in [0.5, 0.6) is 23.0 Å². The first-order valence-corrected chi connectivity index (χ1v) is 20.5. The second-order valence-corrected chi connectivity index (χ2v) is 14.5. The molecule has 0 radical (unpaired) electrons. The molecular weight excluding hydrogens is 767 g/mol. The summed E-state index contributed by atoms with van der Waals surface area (Å²) in [6, 6.07) is 50.8. The van der Waals surface area contributed by atoms with Gasteiger partial charge in [0.25, 0.3) is 5.91 Å². The molecular formula is C51H51N3O7. The number of benzene rings is 6. The van der Waals surface area contributed by atoms with E-state index in [2.05, 4.69) is 10.9 Å². The largest absolute Gasteiger partial charge is 0.497 e. The number of methoxy groups -OCH3 is 1. The van der Waals surface area contributed by atoms with Crippen LogP contribution in [0.1, 0.15) is 52.3 Å². The summed E-state index contributed by atoms with van der Waals surface area (Å²) in [5.41, 5.74) is 10.3. The minimum absolute atomic E-state index is 0.0509. The van der Waals surface area contributed by atoms with Gasteiger partial charge in [-0.2, -0.15) is 0 Å². The fraction of sp³-hybridized carbons (Fsp3) is 0.216. The van der Waals surface area contributed by atoms with E-state index in [0.717, 1.165) is 27.8 Å². The number of carbonyl (C=O) groups excluding carboxylic acids is 1. The third-order valence-electron chi connectivity index (χ3n) is 10.2. The summed E-state index contributed by atoms with van der Waals surface area (Å²) in [7, 11) is 1.61. The first-order chi connectivity index (χ1) is 30.0. The number of nitrogens with zero attached hydrogens (tertiary/aromatic N) is 1. The maximum Gasteiger partial charge on any atom is 0.266 e. The summed E-state index contributed by atoms with van der Waals surface area (Å²) >= 11 is 0. The van der Waals surface area contributed by atoms with Crippen LogP contribution in [0.3, 0.4) is 0 Å². The van der Waals surface area contributed by atoms with Crippen LogP contribution in [0.15, 0.2) is 169 Å². The molecule has 0 unspecified atom stereocenters. The van der Waals surface area contributed by atoms with Gasteiger partial charge in [-0.3, -0.25) is 10.2 Å². The number of amides is 1. The molecule has 1 amide bonds. The zero-order valence-corrected chi connectivity index (χ0v) is 34.2. The van der Waals surface area contributed by atoms with Crippen molar-refractivity contribution in [2.45, 2.75) is 44.1 Å². The Kier molecular flexibility index (Phi) is 14.8. The molecule has 0 aromatic heterocycles. The zero-order chi connectivity index (χ0) is 42.1. The topological polar surface area (TPSA) is 120 Å². The SMILES string of the molecule is COc1cccc([C@@H]2OC(c3ccc(OCCCO)cc3)=N[C@]2(C/C=C/c2ccccc2)C(=O)NNCCc2ccc(OCc3ccccc3)c(OCc3ccccc3)c2)c1. The first-order valence-electron chi connectivity index (χ1n) is 20.5. The van der Waals surface area contributed by atoms with Crippen LogP contribution in [-0.4, -0.2) is 49.3 Å². The van der Waals surface area contributed by atoms with Crippen LogP contribution in [0, 0.1) is 0 Å². The van der Waals surface area contributed by atoms with Gasteiger partial charge in [0.05, 0.1) is 13.7 Å². The van der Waals surface area contributed by atoms with Crippen LogP contribution < -0.4 is 29.8 Å². The van der Waals surface area contributed by atoms with Gasteiger partial charge in [-0.05, 0) is 82.8 Å². The van der Waals surface area contributed by atoms with Crippen molar-refractivity contribution >= 4 is 17.9 Å².